The van der Waals surface area contributed by atoms with Gasteiger partial charge in [0.05, 0.1) is 6.04 Å². The predicted octanol–water partition coefficient (Wildman–Crippen LogP) is 2.74. The molecule has 1 amide bonds. The van der Waals surface area contributed by atoms with E-state index in [1.807, 2.05) is 30.3 Å². The zero-order valence-electron chi connectivity index (χ0n) is 12.7. The zero-order valence-corrected chi connectivity index (χ0v) is 12.7. The van der Waals surface area contributed by atoms with Gasteiger partial charge in [0.1, 0.15) is 0 Å². The number of hydrogen-bond donors (Lipinski definition) is 1. The zero-order chi connectivity index (χ0) is 14.7. The molecule has 1 saturated heterocycles. The Morgan fingerprint density at radius 3 is 2.67 bits per heavy atom. The van der Waals surface area contributed by atoms with Crippen molar-refractivity contribution in [3.05, 3.63) is 35.9 Å². The summed E-state index contributed by atoms with van der Waals surface area (Å²) < 4.78 is 0. The normalized spacial score (nSPS) is 27.0. The van der Waals surface area contributed by atoms with Crippen molar-refractivity contribution in [2.45, 2.75) is 57.0 Å². The van der Waals surface area contributed by atoms with E-state index in [-0.39, 0.29) is 5.91 Å². The average Bonchev–Trinajstić information content (AvgIpc) is 2.54. The highest BCUT2D eigenvalue weighted by molar-refractivity contribution is 5.82. The Labute approximate surface area is 127 Å². The van der Waals surface area contributed by atoms with Crippen molar-refractivity contribution in [3.8, 4) is 0 Å². The second-order valence-electron chi connectivity index (χ2n) is 6.58. The van der Waals surface area contributed by atoms with Crippen molar-refractivity contribution in [2.24, 2.45) is 11.7 Å². The molecule has 1 aliphatic carbocycles. The number of nitrogens with two attached hydrogens (primary N) is 1. The lowest BCUT2D eigenvalue weighted by atomic mass is 9.78. The highest BCUT2D eigenvalue weighted by Gasteiger charge is 2.37. The molecule has 1 saturated carbocycles. The molecule has 3 atom stereocenters. The van der Waals surface area contributed by atoms with Crippen molar-refractivity contribution < 1.29 is 4.79 Å². The van der Waals surface area contributed by atoms with Gasteiger partial charge in [-0.1, -0.05) is 43.2 Å². The van der Waals surface area contributed by atoms with Crippen molar-refractivity contribution in [1.29, 1.82) is 0 Å². The van der Waals surface area contributed by atoms with Crippen LogP contribution in [0.25, 0.3) is 0 Å². The molecule has 2 aliphatic rings. The van der Waals surface area contributed by atoms with Crippen LogP contribution in [0.4, 0.5) is 0 Å². The number of amides is 1. The van der Waals surface area contributed by atoms with Crippen molar-refractivity contribution >= 4 is 5.91 Å². The quantitative estimate of drug-likeness (QED) is 0.928. The van der Waals surface area contributed by atoms with Crippen LogP contribution in [-0.4, -0.2) is 29.4 Å². The van der Waals surface area contributed by atoms with Crippen LogP contribution in [0.2, 0.25) is 0 Å². The summed E-state index contributed by atoms with van der Waals surface area (Å²) in [6.45, 7) is 0.905. The van der Waals surface area contributed by atoms with Crippen LogP contribution in [0, 0.1) is 5.92 Å². The van der Waals surface area contributed by atoms with E-state index in [4.69, 9.17) is 5.73 Å². The molecule has 0 radical (unpaired) electrons. The Kier molecular flexibility index (Phi) is 4.59. The highest BCUT2D eigenvalue weighted by atomic mass is 16.2. The lowest BCUT2D eigenvalue weighted by Gasteiger charge is -2.45. The molecule has 1 aromatic rings. The van der Waals surface area contributed by atoms with Crippen LogP contribution < -0.4 is 5.73 Å². The first-order chi connectivity index (χ1) is 10.3. The number of benzene rings is 1. The SMILES string of the molecule is N[C@H](Cc1ccccc1)C(=O)N1CCC[C@H]2CCCC[C@H]21. The Balaban J connectivity index is 1.65. The molecule has 3 heteroatoms. The first-order valence-electron chi connectivity index (χ1n) is 8.35. The van der Waals surface area contributed by atoms with Crippen molar-refractivity contribution in [3.63, 3.8) is 0 Å². The number of carbonyl (C=O) groups excluding carboxylic acids is 1. The maximum absolute atomic E-state index is 12.8. The largest absolute Gasteiger partial charge is 0.338 e. The van der Waals surface area contributed by atoms with Gasteiger partial charge in [0.25, 0.3) is 0 Å². The fourth-order valence-electron chi connectivity index (χ4n) is 4.07. The molecule has 0 bridgehead atoms. The van der Waals surface area contributed by atoms with Gasteiger partial charge >= 0.3 is 0 Å². The summed E-state index contributed by atoms with van der Waals surface area (Å²) in [4.78, 5) is 14.9. The van der Waals surface area contributed by atoms with E-state index in [2.05, 4.69) is 4.90 Å². The molecule has 3 nitrogen and oxygen atoms in total. The molecule has 1 aromatic carbocycles. The standard InChI is InChI=1S/C18H26N2O/c19-16(13-14-7-2-1-3-8-14)18(21)20-12-6-10-15-9-4-5-11-17(15)20/h1-3,7-8,15-17H,4-6,9-13,19H2/t15-,16-,17-/m1/s1. The van der Waals surface area contributed by atoms with Crippen LogP contribution >= 0.6 is 0 Å². The molecule has 2 N–H and O–H groups in total. The molecular weight excluding hydrogens is 260 g/mol. The van der Waals surface area contributed by atoms with Crippen LogP contribution in [0.1, 0.15) is 44.1 Å². The van der Waals surface area contributed by atoms with Gasteiger partial charge in [0.2, 0.25) is 5.91 Å². The van der Waals surface area contributed by atoms with Gasteiger partial charge in [-0.25, -0.2) is 0 Å². The lowest BCUT2D eigenvalue weighted by Crippen LogP contribution is -2.55. The molecular formula is C18H26N2O. The van der Waals surface area contributed by atoms with Gasteiger partial charge in [0.15, 0.2) is 0 Å². The number of carbonyl (C=O) groups is 1. The first kappa shape index (κ1) is 14.6. The summed E-state index contributed by atoms with van der Waals surface area (Å²) in [6.07, 6.45) is 8.15. The summed E-state index contributed by atoms with van der Waals surface area (Å²) in [5.74, 6) is 0.885. The maximum atomic E-state index is 12.8. The summed E-state index contributed by atoms with van der Waals surface area (Å²) in [5.41, 5.74) is 7.36. The summed E-state index contributed by atoms with van der Waals surface area (Å²) in [6, 6.07) is 10.2. The van der Waals surface area contributed by atoms with Crippen LogP contribution in [0.5, 0.6) is 0 Å². The van der Waals surface area contributed by atoms with Gasteiger partial charge < -0.3 is 10.6 Å². The second-order valence-corrected chi connectivity index (χ2v) is 6.58. The third-order valence-corrected chi connectivity index (χ3v) is 5.14. The minimum absolute atomic E-state index is 0.162. The Morgan fingerprint density at radius 2 is 1.86 bits per heavy atom. The summed E-state index contributed by atoms with van der Waals surface area (Å²) in [5, 5.41) is 0. The molecule has 1 heterocycles. The molecule has 3 rings (SSSR count). The smallest absolute Gasteiger partial charge is 0.240 e. The van der Waals surface area contributed by atoms with Gasteiger partial charge in [-0.15, -0.1) is 0 Å². The van der Waals surface area contributed by atoms with Gasteiger partial charge in [-0.05, 0) is 43.6 Å². The Hall–Kier alpha value is -1.35. The van der Waals surface area contributed by atoms with Crippen molar-refractivity contribution in [2.75, 3.05) is 6.54 Å². The minimum atomic E-state index is -0.395. The topological polar surface area (TPSA) is 46.3 Å². The molecule has 1 aliphatic heterocycles. The van der Waals surface area contributed by atoms with Crippen LogP contribution in [0.15, 0.2) is 30.3 Å². The molecule has 2 fully saturated rings. The van der Waals surface area contributed by atoms with Crippen molar-refractivity contribution in [1.82, 2.24) is 4.90 Å². The third kappa shape index (κ3) is 3.29. The van der Waals surface area contributed by atoms with Gasteiger partial charge in [0, 0.05) is 12.6 Å². The number of likely N-dealkylation sites (tertiary alicyclic amines) is 1. The number of nitrogens with zero attached hydrogens (tertiary/aromatic N) is 1. The Bertz CT molecular complexity index is 471. The maximum Gasteiger partial charge on any atom is 0.240 e. The summed E-state index contributed by atoms with van der Waals surface area (Å²) in [7, 11) is 0. The van der Waals surface area contributed by atoms with E-state index in [1.54, 1.807) is 0 Å². The lowest BCUT2D eigenvalue weighted by molar-refractivity contribution is -0.139. The predicted molar refractivity (Wildman–Crippen MR) is 84.8 cm³/mol. The fourth-order valence-corrected chi connectivity index (χ4v) is 4.07. The number of hydrogen-bond acceptors (Lipinski definition) is 2. The molecule has 114 valence electrons. The monoisotopic (exact) mass is 286 g/mol. The molecule has 0 aromatic heterocycles. The summed E-state index contributed by atoms with van der Waals surface area (Å²) >= 11 is 0. The molecule has 21 heavy (non-hydrogen) atoms. The fraction of sp³-hybridized carbons (Fsp3) is 0.611. The Morgan fingerprint density at radius 1 is 1.14 bits per heavy atom. The third-order valence-electron chi connectivity index (χ3n) is 5.14. The van der Waals surface area contributed by atoms with E-state index in [1.165, 1.54) is 32.1 Å². The number of rotatable bonds is 3. The highest BCUT2D eigenvalue weighted by Crippen LogP contribution is 2.35. The molecule has 0 spiro atoms. The van der Waals surface area contributed by atoms with Crippen LogP contribution in [-0.2, 0) is 11.2 Å². The number of piperidine rings is 1. The van der Waals surface area contributed by atoms with E-state index in [9.17, 15) is 4.79 Å². The van der Waals surface area contributed by atoms with E-state index in [0.717, 1.165) is 24.4 Å². The van der Waals surface area contributed by atoms with E-state index < -0.39 is 6.04 Å². The van der Waals surface area contributed by atoms with E-state index >= 15 is 0 Å². The number of fused-ring (bicyclic) bond motifs is 1. The molecule has 0 unspecified atom stereocenters. The second kappa shape index (κ2) is 6.61. The first-order valence-corrected chi connectivity index (χ1v) is 8.35. The average molecular weight is 286 g/mol. The van der Waals surface area contributed by atoms with Crippen LogP contribution in [0.3, 0.4) is 0 Å². The van der Waals surface area contributed by atoms with Gasteiger partial charge in [-0.3, -0.25) is 4.79 Å². The minimum Gasteiger partial charge on any atom is -0.338 e. The van der Waals surface area contributed by atoms with E-state index in [0.29, 0.717) is 12.5 Å². The van der Waals surface area contributed by atoms with Gasteiger partial charge in [-0.2, -0.15) is 0 Å².